The average molecular weight is 289 g/mol. The van der Waals surface area contributed by atoms with Gasteiger partial charge in [-0.25, -0.2) is 4.39 Å². The van der Waals surface area contributed by atoms with Crippen LogP contribution in [0.5, 0.6) is 5.75 Å². The molecule has 2 rings (SSSR count). The van der Waals surface area contributed by atoms with Gasteiger partial charge in [-0.05, 0) is 43.2 Å². The van der Waals surface area contributed by atoms with Crippen LogP contribution >= 0.6 is 0 Å². The summed E-state index contributed by atoms with van der Waals surface area (Å²) in [5.41, 5.74) is -0.821. The van der Waals surface area contributed by atoms with Gasteiger partial charge in [0.05, 0.1) is 6.10 Å². The van der Waals surface area contributed by atoms with Crippen molar-refractivity contribution in [2.45, 2.75) is 39.2 Å². The predicted octanol–water partition coefficient (Wildman–Crippen LogP) is 4.08. The van der Waals surface area contributed by atoms with Crippen molar-refractivity contribution in [3.8, 4) is 5.75 Å². The lowest BCUT2D eigenvalue weighted by molar-refractivity contribution is 0.0968. The van der Waals surface area contributed by atoms with Crippen LogP contribution in [0.1, 0.15) is 33.1 Å². The zero-order valence-electron chi connectivity index (χ0n) is 11.6. The summed E-state index contributed by atoms with van der Waals surface area (Å²) >= 11 is 0. The summed E-state index contributed by atoms with van der Waals surface area (Å²) < 4.78 is 57.1. The third-order valence-corrected chi connectivity index (χ3v) is 4.18. The second kappa shape index (κ2) is 5.66. The summed E-state index contributed by atoms with van der Waals surface area (Å²) in [7, 11) is 0. The second-order valence-electron chi connectivity index (χ2n) is 5.77. The van der Waals surface area contributed by atoms with Crippen LogP contribution in [0.2, 0.25) is 0 Å². The van der Waals surface area contributed by atoms with E-state index in [0.29, 0.717) is 11.8 Å². The van der Waals surface area contributed by atoms with E-state index in [1.165, 1.54) is 0 Å². The van der Waals surface area contributed by atoms with Gasteiger partial charge in [0.1, 0.15) is 0 Å². The number of rotatable bonds is 3. The Morgan fingerprint density at radius 3 is 2.40 bits per heavy atom. The molecular formula is C14H18BF4O-. The van der Waals surface area contributed by atoms with Crippen LogP contribution in [0.3, 0.4) is 0 Å². The highest BCUT2D eigenvalue weighted by molar-refractivity contribution is 6.73. The second-order valence-corrected chi connectivity index (χ2v) is 5.77. The molecule has 1 fully saturated rings. The smallest absolute Gasteiger partial charge is 0.487 e. The van der Waals surface area contributed by atoms with Crippen LogP contribution in [0, 0.1) is 17.7 Å². The largest absolute Gasteiger partial charge is 0.509 e. The quantitative estimate of drug-likeness (QED) is 0.601. The summed E-state index contributed by atoms with van der Waals surface area (Å²) in [6, 6.07) is 2.36. The molecule has 0 radical (unpaired) electrons. The lowest BCUT2D eigenvalue weighted by atomic mass is 9.79. The highest BCUT2D eigenvalue weighted by atomic mass is 19.4. The van der Waals surface area contributed by atoms with Crippen molar-refractivity contribution < 1.29 is 22.1 Å². The summed E-state index contributed by atoms with van der Waals surface area (Å²) in [6.07, 6.45) is 2.26. The van der Waals surface area contributed by atoms with E-state index in [1.807, 2.05) is 0 Å². The van der Waals surface area contributed by atoms with E-state index in [-0.39, 0.29) is 11.9 Å². The topological polar surface area (TPSA) is 9.23 Å². The minimum Gasteiger partial charge on any atom is -0.487 e. The van der Waals surface area contributed by atoms with Crippen LogP contribution < -0.4 is 10.2 Å². The van der Waals surface area contributed by atoms with Gasteiger partial charge in [-0.2, -0.15) is 0 Å². The van der Waals surface area contributed by atoms with Gasteiger partial charge in [-0.3, -0.25) is 0 Å². The van der Waals surface area contributed by atoms with Crippen LogP contribution in [-0.2, 0) is 0 Å². The van der Waals surface area contributed by atoms with Gasteiger partial charge in [-0.1, -0.05) is 19.9 Å². The van der Waals surface area contributed by atoms with E-state index in [2.05, 4.69) is 13.8 Å². The molecular weight excluding hydrogens is 271 g/mol. The molecule has 1 aliphatic carbocycles. The first-order valence-electron chi connectivity index (χ1n) is 6.93. The lowest BCUT2D eigenvalue weighted by Gasteiger charge is -2.32. The fraction of sp³-hybridized carbons (Fsp3) is 0.571. The molecule has 0 N–H and O–H groups in total. The molecule has 0 aliphatic heterocycles. The van der Waals surface area contributed by atoms with Gasteiger partial charge in [0.25, 0.3) is 0 Å². The highest BCUT2D eigenvalue weighted by Crippen LogP contribution is 2.32. The standard InChI is InChI=1S/C14H18BF4O/c1-9-3-5-12(7-10(9)2)20-14-8-11(15(17,18)19)4-6-13(14)16/h4,6,8-10,12H,3,5,7H2,1-2H3/q-1. The zero-order chi connectivity index (χ0) is 14.9. The maximum absolute atomic E-state index is 13.6. The molecule has 112 valence electrons. The molecule has 0 bridgehead atoms. The van der Waals surface area contributed by atoms with Crippen molar-refractivity contribution >= 4 is 12.4 Å². The van der Waals surface area contributed by atoms with Crippen molar-refractivity contribution in [1.29, 1.82) is 0 Å². The third-order valence-electron chi connectivity index (χ3n) is 4.18. The molecule has 0 amide bonds. The molecule has 1 aliphatic rings. The van der Waals surface area contributed by atoms with E-state index in [0.717, 1.165) is 37.5 Å². The van der Waals surface area contributed by atoms with Crippen LogP contribution in [0.25, 0.3) is 0 Å². The van der Waals surface area contributed by atoms with Gasteiger partial charge in [-0.15, -0.1) is 5.46 Å². The molecule has 3 atom stereocenters. The summed E-state index contributed by atoms with van der Waals surface area (Å²) in [5.74, 6) is -0.00936. The monoisotopic (exact) mass is 289 g/mol. The van der Waals surface area contributed by atoms with Crippen molar-refractivity contribution in [3.63, 3.8) is 0 Å². The summed E-state index contributed by atoms with van der Waals surface area (Å²) in [5, 5.41) is 0. The minimum absolute atomic E-state index is 0.202. The first kappa shape index (κ1) is 15.2. The van der Waals surface area contributed by atoms with Gasteiger partial charge in [0, 0.05) is 0 Å². The van der Waals surface area contributed by atoms with Crippen molar-refractivity contribution in [1.82, 2.24) is 0 Å². The van der Waals surface area contributed by atoms with E-state index in [9.17, 15) is 17.3 Å². The van der Waals surface area contributed by atoms with E-state index in [4.69, 9.17) is 4.74 Å². The fourth-order valence-corrected chi connectivity index (χ4v) is 2.60. The molecule has 6 heteroatoms. The lowest BCUT2D eigenvalue weighted by Crippen LogP contribution is -2.34. The molecule has 1 aromatic carbocycles. The van der Waals surface area contributed by atoms with E-state index < -0.39 is 18.3 Å². The first-order valence-corrected chi connectivity index (χ1v) is 6.93. The molecule has 0 aromatic heterocycles. The third kappa shape index (κ3) is 3.47. The Morgan fingerprint density at radius 1 is 1.10 bits per heavy atom. The molecule has 20 heavy (non-hydrogen) atoms. The maximum Gasteiger partial charge on any atom is 0.509 e. The Morgan fingerprint density at radius 2 is 1.80 bits per heavy atom. The average Bonchev–Trinajstić information content (AvgIpc) is 2.35. The SMILES string of the molecule is CC1CCC(Oc2cc([B-](F)(F)F)ccc2F)CC1C. The zero-order valence-corrected chi connectivity index (χ0v) is 11.6. The molecule has 3 unspecified atom stereocenters. The summed E-state index contributed by atoms with van der Waals surface area (Å²) in [4.78, 5) is 0. The molecule has 0 heterocycles. The Balaban J connectivity index is 2.13. The molecule has 0 saturated heterocycles. The summed E-state index contributed by atoms with van der Waals surface area (Å²) in [6.45, 7) is -0.897. The molecule has 1 nitrogen and oxygen atoms in total. The number of hydrogen-bond donors (Lipinski definition) is 0. The van der Waals surface area contributed by atoms with Crippen LogP contribution in [-0.4, -0.2) is 13.1 Å². The fourth-order valence-electron chi connectivity index (χ4n) is 2.60. The van der Waals surface area contributed by atoms with E-state index in [1.54, 1.807) is 0 Å². The Kier molecular flexibility index (Phi) is 4.30. The van der Waals surface area contributed by atoms with Crippen molar-refractivity contribution in [2.24, 2.45) is 11.8 Å². The number of benzene rings is 1. The Labute approximate surface area is 116 Å². The molecule has 1 aromatic rings. The van der Waals surface area contributed by atoms with E-state index >= 15 is 0 Å². The molecule has 0 spiro atoms. The normalized spacial score (nSPS) is 27.4. The number of hydrogen-bond acceptors (Lipinski definition) is 1. The number of ether oxygens (including phenoxy) is 1. The number of halogens is 4. The van der Waals surface area contributed by atoms with Gasteiger partial charge in [0.2, 0.25) is 0 Å². The van der Waals surface area contributed by atoms with Gasteiger partial charge >= 0.3 is 6.98 Å². The maximum atomic E-state index is 13.6. The van der Waals surface area contributed by atoms with Crippen molar-refractivity contribution in [3.05, 3.63) is 24.0 Å². The van der Waals surface area contributed by atoms with Crippen LogP contribution in [0.4, 0.5) is 17.3 Å². The molecule has 1 saturated carbocycles. The van der Waals surface area contributed by atoms with Gasteiger partial charge in [0.15, 0.2) is 11.6 Å². The highest BCUT2D eigenvalue weighted by Gasteiger charge is 2.29. The first-order chi connectivity index (χ1) is 9.27. The minimum atomic E-state index is -5.13. The Hall–Kier alpha value is -1.20. The van der Waals surface area contributed by atoms with Gasteiger partial charge < -0.3 is 17.7 Å². The Bertz CT molecular complexity index is 475. The predicted molar refractivity (Wildman–Crippen MR) is 71.7 cm³/mol. The van der Waals surface area contributed by atoms with Crippen molar-refractivity contribution in [2.75, 3.05) is 0 Å². The van der Waals surface area contributed by atoms with Crippen LogP contribution in [0.15, 0.2) is 18.2 Å².